The van der Waals surface area contributed by atoms with Gasteiger partial charge in [0.25, 0.3) is 0 Å². The number of carbonyl (C=O) groups excluding carboxylic acids is 1. The van der Waals surface area contributed by atoms with Gasteiger partial charge in [0.15, 0.2) is 0 Å². The van der Waals surface area contributed by atoms with Gasteiger partial charge in [-0.1, -0.05) is 25.4 Å². The van der Waals surface area contributed by atoms with Gasteiger partial charge in [0.2, 0.25) is 5.91 Å². The Hall–Kier alpha value is -1.51. The van der Waals surface area contributed by atoms with Crippen molar-refractivity contribution in [1.82, 2.24) is 5.43 Å². The third-order valence-electron chi connectivity index (χ3n) is 2.90. The molecule has 0 aliphatic heterocycles. The van der Waals surface area contributed by atoms with E-state index in [4.69, 9.17) is 16.9 Å². The first-order valence-corrected chi connectivity index (χ1v) is 8.38. The van der Waals surface area contributed by atoms with Gasteiger partial charge < -0.3 is 0 Å². The zero-order valence-electron chi connectivity index (χ0n) is 12.8. The minimum atomic E-state index is -0.193. The molecule has 0 unspecified atom stereocenters. The molecule has 0 radical (unpaired) electrons. The van der Waals surface area contributed by atoms with Crippen molar-refractivity contribution < 1.29 is 4.79 Å². The number of nitrogens with zero attached hydrogens (tertiary/aromatic N) is 2. The summed E-state index contributed by atoms with van der Waals surface area (Å²) in [7, 11) is 0. The summed E-state index contributed by atoms with van der Waals surface area (Å²) in [6, 6.07) is 9.63. The van der Waals surface area contributed by atoms with Crippen LogP contribution in [0.5, 0.6) is 0 Å². The predicted octanol–water partition coefficient (Wildman–Crippen LogP) is 4.25. The van der Waals surface area contributed by atoms with Crippen molar-refractivity contribution >= 4 is 35.5 Å². The predicted molar refractivity (Wildman–Crippen MR) is 92.1 cm³/mol. The molecule has 0 saturated carbocycles. The summed E-state index contributed by atoms with van der Waals surface area (Å²) in [5.41, 5.74) is 2.33. The highest BCUT2D eigenvalue weighted by molar-refractivity contribution is 7.99. The molecule has 0 spiro atoms. The van der Waals surface area contributed by atoms with Crippen molar-refractivity contribution in [2.24, 2.45) is 10.5 Å². The number of hydrazone groups is 1. The first-order valence-electron chi connectivity index (χ1n) is 7.01. The number of rotatable bonds is 8. The van der Waals surface area contributed by atoms with Gasteiger partial charge in [-0.05, 0) is 30.7 Å². The van der Waals surface area contributed by atoms with Crippen LogP contribution in [0.3, 0.4) is 0 Å². The molecule has 118 valence electrons. The molecule has 0 bridgehead atoms. The molecule has 0 heterocycles. The Labute approximate surface area is 140 Å². The van der Waals surface area contributed by atoms with Crippen LogP contribution in [-0.2, 0) is 4.79 Å². The Morgan fingerprint density at radius 2 is 2.14 bits per heavy atom. The third-order valence-corrected chi connectivity index (χ3v) is 4.16. The van der Waals surface area contributed by atoms with E-state index in [0.717, 1.165) is 11.3 Å². The molecule has 0 aliphatic rings. The van der Waals surface area contributed by atoms with Crippen molar-refractivity contribution in [3.8, 4) is 6.07 Å². The molecule has 22 heavy (non-hydrogen) atoms. The third kappa shape index (κ3) is 8.06. The SMILES string of the molecule is CC(C)(/C=N\NC(=O)CCSc1ccc(Cl)cc1)CCC#N. The van der Waals surface area contributed by atoms with Crippen molar-refractivity contribution in [2.45, 2.75) is 38.0 Å². The summed E-state index contributed by atoms with van der Waals surface area (Å²) in [6.45, 7) is 3.97. The summed E-state index contributed by atoms with van der Waals surface area (Å²) >= 11 is 7.41. The minimum absolute atomic E-state index is 0.117. The molecule has 0 saturated heterocycles. The lowest BCUT2D eigenvalue weighted by Crippen LogP contribution is -2.21. The number of benzene rings is 1. The van der Waals surface area contributed by atoms with Crippen molar-refractivity contribution in [3.05, 3.63) is 29.3 Å². The lowest BCUT2D eigenvalue weighted by molar-refractivity contribution is -0.120. The van der Waals surface area contributed by atoms with E-state index in [9.17, 15) is 4.79 Å². The highest BCUT2D eigenvalue weighted by Gasteiger charge is 2.14. The Kier molecular flexibility index (Phi) is 8.00. The molecule has 1 aromatic carbocycles. The van der Waals surface area contributed by atoms with Crippen LogP contribution < -0.4 is 5.43 Å². The van der Waals surface area contributed by atoms with Crippen LogP contribution in [0.1, 0.15) is 33.1 Å². The maximum absolute atomic E-state index is 11.7. The molecule has 0 aromatic heterocycles. The van der Waals surface area contributed by atoms with Gasteiger partial charge in [0.05, 0.1) is 6.07 Å². The largest absolute Gasteiger partial charge is 0.273 e. The molecule has 1 rings (SSSR count). The first-order chi connectivity index (χ1) is 10.4. The summed E-state index contributed by atoms with van der Waals surface area (Å²) in [6.07, 6.45) is 3.28. The molecule has 6 heteroatoms. The lowest BCUT2D eigenvalue weighted by atomic mass is 9.90. The summed E-state index contributed by atoms with van der Waals surface area (Å²) in [5.74, 6) is 0.565. The van der Waals surface area contributed by atoms with Gasteiger partial charge in [-0.15, -0.1) is 11.8 Å². The number of halogens is 1. The number of amides is 1. The van der Waals surface area contributed by atoms with E-state index in [-0.39, 0.29) is 11.3 Å². The molecule has 0 atom stereocenters. The average molecular weight is 338 g/mol. The second-order valence-corrected chi connectivity index (χ2v) is 7.10. The van der Waals surface area contributed by atoms with Gasteiger partial charge in [0.1, 0.15) is 0 Å². The maximum atomic E-state index is 11.7. The van der Waals surface area contributed by atoms with E-state index in [1.165, 1.54) is 0 Å². The lowest BCUT2D eigenvalue weighted by Gasteiger charge is -2.16. The van der Waals surface area contributed by atoms with Crippen LogP contribution in [-0.4, -0.2) is 17.9 Å². The highest BCUT2D eigenvalue weighted by atomic mass is 35.5. The molecular weight excluding hydrogens is 318 g/mol. The number of hydrogen-bond donors (Lipinski definition) is 1. The molecule has 0 aliphatic carbocycles. The average Bonchev–Trinajstić information content (AvgIpc) is 2.47. The Balaban J connectivity index is 2.26. The smallest absolute Gasteiger partial charge is 0.240 e. The van der Waals surface area contributed by atoms with Crippen LogP contribution in [0.15, 0.2) is 34.3 Å². The number of carbonyl (C=O) groups is 1. The molecule has 0 fully saturated rings. The zero-order chi connectivity index (χ0) is 16.4. The van der Waals surface area contributed by atoms with E-state index < -0.39 is 0 Å². The quantitative estimate of drug-likeness (QED) is 0.438. The summed E-state index contributed by atoms with van der Waals surface area (Å²) in [5, 5.41) is 13.3. The number of thioether (sulfide) groups is 1. The molecular formula is C16H20ClN3OS. The van der Waals surface area contributed by atoms with Crippen molar-refractivity contribution in [1.29, 1.82) is 5.26 Å². The fourth-order valence-electron chi connectivity index (χ4n) is 1.57. The summed E-state index contributed by atoms with van der Waals surface area (Å²) < 4.78 is 0. The van der Waals surface area contributed by atoms with Gasteiger partial charge >= 0.3 is 0 Å². The molecule has 1 N–H and O–H groups in total. The van der Waals surface area contributed by atoms with Crippen LogP contribution in [0, 0.1) is 16.7 Å². The maximum Gasteiger partial charge on any atom is 0.240 e. The van der Waals surface area contributed by atoms with Crippen LogP contribution in [0.4, 0.5) is 0 Å². The van der Waals surface area contributed by atoms with Crippen molar-refractivity contribution in [2.75, 3.05) is 5.75 Å². The zero-order valence-corrected chi connectivity index (χ0v) is 14.4. The van der Waals surface area contributed by atoms with Gasteiger partial charge in [0, 0.05) is 40.1 Å². The fraction of sp³-hybridized carbons (Fsp3) is 0.438. The van der Waals surface area contributed by atoms with E-state index in [1.54, 1.807) is 18.0 Å². The number of nitriles is 1. The van der Waals surface area contributed by atoms with Crippen LogP contribution in [0.2, 0.25) is 5.02 Å². The topological polar surface area (TPSA) is 65.2 Å². The normalized spacial score (nSPS) is 11.4. The second-order valence-electron chi connectivity index (χ2n) is 5.49. The minimum Gasteiger partial charge on any atom is -0.273 e. The summed E-state index contributed by atoms with van der Waals surface area (Å²) in [4.78, 5) is 12.8. The fourth-order valence-corrected chi connectivity index (χ4v) is 2.55. The number of nitrogens with one attached hydrogen (secondary N) is 1. The standard InChI is InChI=1S/C16H20ClN3OS/c1-16(2,9-3-10-18)12-19-20-15(21)8-11-22-14-6-4-13(17)5-7-14/h4-7,12H,3,8-9,11H2,1-2H3,(H,20,21)/b19-12-. The van der Waals surface area contributed by atoms with E-state index in [0.29, 0.717) is 23.6 Å². The van der Waals surface area contributed by atoms with E-state index >= 15 is 0 Å². The van der Waals surface area contributed by atoms with Gasteiger partial charge in [-0.3, -0.25) is 4.79 Å². The number of hydrogen-bond acceptors (Lipinski definition) is 4. The Morgan fingerprint density at radius 1 is 1.45 bits per heavy atom. The van der Waals surface area contributed by atoms with E-state index in [2.05, 4.69) is 16.6 Å². The second kappa shape index (κ2) is 9.50. The highest BCUT2D eigenvalue weighted by Crippen LogP contribution is 2.21. The molecule has 1 aromatic rings. The Bertz CT molecular complexity index is 550. The Morgan fingerprint density at radius 3 is 2.77 bits per heavy atom. The monoisotopic (exact) mass is 337 g/mol. The molecule has 4 nitrogen and oxygen atoms in total. The first kappa shape index (κ1) is 18.5. The van der Waals surface area contributed by atoms with Crippen LogP contribution >= 0.6 is 23.4 Å². The van der Waals surface area contributed by atoms with Gasteiger partial charge in [-0.2, -0.15) is 10.4 Å². The van der Waals surface area contributed by atoms with Crippen molar-refractivity contribution in [3.63, 3.8) is 0 Å². The van der Waals surface area contributed by atoms with Crippen LogP contribution in [0.25, 0.3) is 0 Å². The molecule has 1 amide bonds. The van der Waals surface area contributed by atoms with Gasteiger partial charge in [-0.25, -0.2) is 5.43 Å². The van der Waals surface area contributed by atoms with E-state index in [1.807, 2.05) is 38.1 Å².